The van der Waals surface area contributed by atoms with Crippen LogP contribution in [0.1, 0.15) is 237 Å². The molecule has 0 N–H and O–H groups in total. The molecule has 0 saturated carbocycles. The fraction of sp³-hybridized carbons (Fsp3) is 0.316. The monoisotopic (exact) mass is 1550 g/mol. The van der Waals surface area contributed by atoms with Gasteiger partial charge in [0.25, 0.3) is 6.71 Å². The molecule has 0 bridgehead atoms. The molecule has 118 heavy (non-hydrogen) atoms. The molecule has 1 aromatic heterocycles. The van der Waals surface area contributed by atoms with Crippen LogP contribution < -0.4 is 26.2 Å². The van der Waals surface area contributed by atoms with Crippen LogP contribution >= 0.6 is 0 Å². The van der Waals surface area contributed by atoms with E-state index in [1.807, 2.05) is 0 Å². The standard InChI is InChI=1S/C114H124BN3/c1-106(2,3)79-48-38-71(39-49-79)89-33-30-34-90(72-40-50-80(51-41-72)107(4,5)6)104(89)117-99-57-46-75(77-60-84(111(16,17)18)66-85(61-77)112(19,20)21)64-95(99)115-96-65-76(78-62-86(113(22,23)24)67-87(63-78)114(25,26)27)47-58-100(96)118(102-70-88(69-101(117)103(102)115)116-97-37-29-28-32-93(97)94-68-83(110(13,14)15)56-59-98(94)116)105-91(73-42-52-81(53-43-73)108(7,8)9)35-31-36-92(105)74-44-54-82(55-45-74)109(10,11)12/h28-70H,1-27H3. The van der Waals surface area contributed by atoms with Crippen molar-refractivity contribution in [3.8, 4) is 72.4 Å². The smallest absolute Gasteiger partial charge is 0.252 e. The first-order chi connectivity index (χ1) is 55.2. The Kier molecular flexibility index (Phi) is 19.6. The van der Waals surface area contributed by atoms with Crippen LogP contribution in [-0.2, 0) is 48.7 Å². The van der Waals surface area contributed by atoms with Crippen molar-refractivity contribution in [2.45, 2.75) is 236 Å². The summed E-state index contributed by atoms with van der Waals surface area (Å²) >= 11 is 0. The van der Waals surface area contributed by atoms with Gasteiger partial charge in [-0.25, -0.2) is 0 Å². The van der Waals surface area contributed by atoms with Crippen molar-refractivity contribution in [3.63, 3.8) is 0 Å². The van der Waals surface area contributed by atoms with Gasteiger partial charge in [0.1, 0.15) is 0 Å². The SMILES string of the molecule is CC(C)(C)c1ccc(-c2cccc(-c3ccc(C(C)(C)C)cc3)c2N2c3ccc(-c4cc(C(C)(C)C)cc(C(C)(C)C)c4)cc3B3c4cc(-c5cc(C(C)(C)C)cc(C(C)(C)C)c5)ccc4N(c4c(-c5ccc(C(C)(C)C)cc5)cccc4-c4ccc(C(C)(C)C)cc4)c4cc(-n5c6ccccc6c6cc(C(C)(C)C)ccc65)cc2c43)cc1. The molecule has 0 unspecified atom stereocenters. The molecular formula is C114H124BN3. The van der Waals surface area contributed by atoms with Gasteiger partial charge in [-0.1, -0.05) is 405 Å². The highest BCUT2D eigenvalue weighted by atomic mass is 15.2. The maximum atomic E-state index is 2.76. The van der Waals surface area contributed by atoms with Crippen LogP contribution in [0.2, 0.25) is 0 Å². The average molecular weight is 1550 g/mol. The Hall–Kier alpha value is -10.7. The number of rotatable bonds is 9. The molecule has 0 atom stereocenters. The van der Waals surface area contributed by atoms with Crippen molar-refractivity contribution in [2.24, 2.45) is 0 Å². The first kappa shape index (κ1) is 81.1. The van der Waals surface area contributed by atoms with Crippen LogP contribution in [0, 0.1) is 0 Å². The molecule has 0 radical (unpaired) electrons. The number of anilines is 6. The number of fused-ring (bicyclic) bond motifs is 7. The third-order valence-electron chi connectivity index (χ3n) is 25.6. The number of para-hydroxylation sites is 3. The van der Waals surface area contributed by atoms with Gasteiger partial charge in [-0.15, -0.1) is 0 Å². The minimum absolute atomic E-state index is 0.0618. The Morgan fingerprint density at radius 3 is 0.805 bits per heavy atom. The van der Waals surface area contributed by atoms with Gasteiger partial charge in [0.15, 0.2) is 0 Å². The van der Waals surface area contributed by atoms with E-state index in [0.29, 0.717) is 0 Å². The fourth-order valence-electron chi connectivity index (χ4n) is 18.1. The number of aromatic nitrogens is 1. The average Bonchev–Trinajstić information content (AvgIpc) is 1.05. The van der Waals surface area contributed by atoms with Crippen molar-refractivity contribution in [2.75, 3.05) is 9.80 Å². The van der Waals surface area contributed by atoms with E-state index in [-0.39, 0.29) is 55.4 Å². The molecule has 0 aliphatic carbocycles. The molecule has 2 aliphatic heterocycles. The van der Waals surface area contributed by atoms with Crippen molar-refractivity contribution in [1.29, 1.82) is 0 Å². The van der Waals surface area contributed by atoms with Crippen molar-refractivity contribution < 1.29 is 0 Å². The van der Waals surface area contributed by atoms with E-state index in [0.717, 1.165) is 95.4 Å². The van der Waals surface area contributed by atoms with Crippen LogP contribution in [-0.4, -0.2) is 11.3 Å². The first-order valence-electron chi connectivity index (χ1n) is 43.3. The minimum atomic E-state index is -0.315. The second kappa shape index (κ2) is 28.5. The maximum absolute atomic E-state index is 2.76. The van der Waals surface area contributed by atoms with E-state index in [1.54, 1.807) is 0 Å². The quantitative estimate of drug-likeness (QED) is 0.133. The molecule has 0 spiro atoms. The zero-order valence-electron chi connectivity index (χ0n) is 75.7. The molecule has 0 amide bonds. The molecule has 13 aromatic carbocycles. The molecule has 2 aliphatic rings. The normalized spacial score (nSPS) is 13.7. The van der Waals surface area contributed by atoms with Crippen LogP contribution in [0.15, 0.2) is 261 Å². The van der Waals surface area contributed by atoms with Gasteiger partial charge in [0, 0.05) is 55.8 Å². The van der Waals surface area contributed by atoms with Gasteiger partial charge in [-0.3, -0.25) is 0 Å². The lowest BCUT2D eigenvalue weighted by atomic mass is 9.33. The topological polar surface area (TPSA) is 11.4 Å². The van der Waals surface area contributed by atoms with Gasteiger partial charge in [0.2, 0.25) is 0 Å². The van der Waals surface area contributed by atoms with Gasteiger partial charge < -0.3 is 14.4 Å². The Morgan fingerprint density at radius 2 is 0.492 bits per heavy atom. The van der Waals surface area contributed by atoms with E-state index in [1.165, 1.54) is 99.5 Å². The summed E-state index contributed by atoms with van der Waals surface area (Å²) < 4.78 is 2.60. The largest absolute Gasteiger partial charge is 0.310 e. The third kappa shape index (κ3) is 14.9. The Labute approximate surface area is 707 Å². The Morgan fingerprint density at radius 1 is 0.203 bits per heavy atom. The van der Waals surface area contributed by atoms with Gasteiger partial charge in [-0.05, 0) is 202 Å². The van der Waals surface area contributed by atoms with Crippen LogP contribution in [0.3, 0.4) is 0 Å². The van der Waals surface area contributed by atoms with Crippen LogP contribution in [0.5, 0.6) is 0 Å². The van der Waals surface area contributed by atoms with Crippen LogP contribution in [0.4, 0.5) is 34.1 Å². The summed E-state index contributed by atoms with van der Waals surface area (Å²) in [5.74, 6) is 0. The molecule has 3 heterocycles. The Bertz CT molecular complexity index is 5720. The van der Waals surface area contributed by atoms with E-state index in [2.05, 4.69) is 462 Å². The predicted molar refractivity (Wildman–Crippen MR) is 516 cm³/mol. The molecule has 0 fully saturated rings. The first-order valence-corrected chi connectivity index (χ1v) is 43.3. The molecule has 14 aromatic rings. The predicted octanol–water partition coefficient (Wildman–Crippen LogP) is 30.5. The van der Waals surface area contributed by atoms with Crippen molar-refractivity contribution in [1.82, 2.24) is 4.57 Å². The summed E-state index contributed by atoms with van der Waals surface area (Å²) in [5.41, 5.74) is 39.0. The zero-order chi connectivity index (χ0) is 84.4. The molecule has 598 valence electrons. The summed E-state index contributed by atoms with van der Waals surface area (Å²) in [6, 6.07) is 104. The zero-order valence-corrected chi connectivity index (χ0v) is 75.7. The molecule has 4 heteroatoms. The lowest BCUT2D eigenvalue weighted by Gasteiger charge is -2.46. The number of benzene rings is 13. The van der Waals surface area contributed by atoms with Crippen LogP contribution in [0.25, 0.3) is 94.3 Å². The highest BCUT2D eigenvalue weighted by Gasteiger charge is 2.47. The molecule has 0 saturated heterocycles. The Balaban J connectivity index is 1.14. The minimum Gasteiger partial charge on any atom is -0.310 e. The van der Waals surface area contributed by atoms with E-state index >= 15 is 0 Å². The maximum Gasteiger partial charge on any atom is 0.252 e. The highest BCUT2D eigenvalue weighted by Crippen LogP contribution is 2.55. The van der Waals surface area contributed by atoms with Gasteiger partial charge in [-0.2, -0.15) is 0 Å². The lowest BCUT2D eigenvalue weighted by molar-refractivity contribution is 0.568. The number of nitrogens with zero attached hydrogens (tertiary/aromatic N) is 3. The second-order valence-corrected chi connectivity index (χ2v) is 43.7. The summed E-state index contributed by atoms with van der Waals surface area (Å²) in [5, 5.41) is 2.46. The van der Waals surface area contributed by atoms with Crippen molar-refractivity contribution >= 4 is 79.0 Å². The summed E-state index contributed by atoms with van der Waals surface area (Å²) in [4.78, 5) is 5.52. The van der Waals surface area contributed by atoms with E-state index in [4.69, 9.17) is 0 Å². The molecule has 3 nitrogen and oxygen atoms in total. The third-order valence-corrected chi connectivity index (χ3v) is 25.6. The lowest BCUT2D eigenvalue weighted by Crippen LogP contribution is -2.61. The van der Waals surface area contributed by atoms with Gasteiger partial charge in [0.05, 0.1) is 28.1 Å². The van der Waals surface area contributed by atoms with E-state index in [9.17, 15) is 0 Å². The van der Waals surface area contributed by atoms with Crippen molar-refractivity contribution in [3.05, 3.63) is 311 Å². The summed E-state index contributed by atoms with van der Waals surface area (Å²) in [7, 11) is 0. The second-order valence-electron chi connectivity index (χ2n) is 43.7. The summed E-state index contributed by atoms with van der Waals surface area (Å²) in [6.07, 6.45) is 0. The highest BCUT2D eigenvalue weighted by molar-refractivity contribution is 7.00. The molecule has 16 rings (SSSR count). The summed E-state index contributed by atoms with van der Waals surface area (Å²) in [6.45, 7) is 63.1. The molecular weight excluding hydrogens is 1420 g/mol. The van der Waals surface area contributed by atoms with E-state index < -0.39 is 0 Å². The van der Waals surface area contributed by atoms with Gasteiger partial charge >= 0.3 is 0 Å². The number of hydrogen-bond donors (Lipinski definition) is 0. The number of hydrogen-bond acceptors (Lipinski definition) is 2. The fourth-order valence-corrected chi connectivity index (χ4v) is 18.1.